The van der Waals surface area contributed by atoms with Gasteiger partial charge in [0, 0.05) is 42.0 Å². The van der Waals surface area contributed by atoms with Crippen LogP contribution in [-0.2, 0) is 15.6 Å². The van der Waals surface area contributed by atoms with Crippen molar-refractivity contribution in [3.05, 3.63) is 100 Å². The topological polar surface area (TPSA) is 91.8 Å². The predicted octanol–water partition coefficient (Wildman–Crippen LogP) is 5.07. The summed E-state index contributed by atoms with van der Waals surface area (Å²) in [6, 6.07) is 9.47. The second-order valence-electron chi connectivity index (χ2n) is 9.85. The minimum atomic E-state index is -5.60. The number of aromatic nitrogens is 1. The standard InChI is InChI=1S/C28H27ClF3N3O4S/c29-21-10-8-20(9-11-21)27(36)12-16-35(17-13-27)15-3-4-19-18-23-24(34-40(37,38)28(30,31)32)6-1-7-25(23)39-26-22(19)5-2-14-33-26/h1-2,4-11,14,18,24,34,36H,3,12-13,15-17H2. The zero-order valence-electron chi connectivity index (χ0n) is 21.2. The quantitative estimate of drug-likeness (QED) is 0.486. The lowest BCUT2D eigenvalue weighted by molar-refractivity contribution is -0.0448. The normalized spacial score (nSPS) is 22.0. The maximum absolute atomic E-state index is 13.1. The number of halogens is 4. The number of allylic oxidation sites excluding steroid dienone is 4. The third-order valence-electron chi connectivity index (χ3n) is 7.23. The highest BCUT2D eigenvalue weighted by atomic mass is 35.5. The third kappa shape index (κ3) is 6.03. The highest BCUT2D eigenvalue weighted by Gasteiger charge is 2.47. The molecule has 12 heteroatoms. The van der Waals surface area contributed by atoms with Crippen LogP contribution in [-0.4, -0.2) is 54.6 Å². The summed E-state index contributed by atoms with van der Waals surface area (Å²) in [5, 5.41) is 11.8. The van der Waals surface area contributed by atoms with Gasteiger partial charge in [-0.15, -0.1) is 0 Å². The van der Waals surface area contributed by atoms with Gasteiger partial charge in [-0.1, -0.05) is 42.0 Å². The lowest BCUT2D eigenvalue weighted by atomic mass is 9.84. The van der Waals surface area contributed by atoms with Gasteiger partial charge in [-0.25, -0.2) is 13.4 Å². The van der Waals surface area contributed by atoms with Gasteiger partial charge in [0.25, 0.3) is 0 Å². The molecule has 1 aliphatic carbocycles. The summed E-state index contributed by atoms with van der Waals surface area (Å²) in [6.07, 6.45) is 11.2. The van der Waals surface area contributed by atoms with Crippen molar-refractivity contribution in [3.63, 3.8) is 0 Å². The Labute approximate surface area is 235 Å². The van der Waals surface area contributed by atoms with E-state index in [2.05, 4.69) is 9.88 Å². The monoisotopic (exact) mass is 593 g/mol. The summed E-state index contributed by atoms with van der Waals surface area (Å²) in [4.78, 5) is 6.52. The number of pyridine rings is 1. The Bertz CT molecular complexity index is 1490. The van der Waals surface area contributed by atoms with Gasteiger partial charge in [0.15, 0.2) is 0 Å². The minimum Gasteiger partial charge on any atom is -0.438 e. The maximum atomic E-state index is 13.1. The van der Waals surface area contributed by atoms with Crippen LogP contribution < -0.4 is 9.46 Å². The van der Waals surface area contributed by atoms with Crippen LogP contribution in [0, 0.1) is 0 Å². The number of alkyl halides is 3. The number of benzene rings is 1. The average molecular weight is 594 g/mol. The van der Waals surface area contributed by atoms with Crippen molar-refractivity contribution in [2.45, 2.75) is 36.4 Å². The van der Waals surface area contributed by atoms with Crippen LogP contribution in [0.2, 0.25) is 5.02 Å². The Balaban J connectivity index is 1.33. The molecule has 2 N–H and O–H groups in total. The van der Waals surface area contributed by atoms with Crippen LogP contribution in [0.4, 0.5) is 13.2 Å². The Hall–Kier alpha value is -2.96. The van der Waals surface area contributed by atoms with Gasteiger partial charge in [-0.2, -0.15) is 17.9 Å². The fourth-order valence-corrected chi connectivity index (χ4v) is 5.81. The van der Waals surface area contributed by atoms with E-state index in [1.54, 1.807) is 47.3 Å². The highest BCUT2D eigenvalue weighted by molar-refractivity contribution is 7.90. The van der Waals surface area contributed by atoms with Crippen LogP contribution in [0.5, 0.6) is 5.88 Å². The van der Waals surface area contributed by atoms with Gasteiger partial charge in [-0.3, -0.25) is 0 Å². The number of likely N-dealkylation sites (tertiary alicyclic amines) is 1. The molecule has 0 saturated carbocycles. The van der Waals surface area contributed by atoms with Crippen molar-refractivity contribution < 1.29 is 31.4 Å². The molecule has 1 atom stereocenters. The van der Waals surface area contributed by atoms with E-state index in [0.717, 1.165) is 5.56 Å². The molecule has 212 valence electrons. The molecule has 0 radical (unpaired) electrons. The van der Waals surface area contributed by atoms with Gasteiger partial charge in [0.05, 0.1) is 11.6 Å². The molecule has 1 aromatic heterocycles. The molecule has 3 heterocycles. The number of nitrogens with zero attached hydrogens (tertiary/aromatic N) is 2. The van der Waals surface area contributed by atoms with E-state index in [9.17, 15) is 26.7 Å². The number of nitrogens with one attached hydrogen (secondary N) is 1. The molecule has 1 aromatic carbocycles. The van der Waals surface area contributed by atoms with E-state index in [0.29, 0.717) is 55.1 Å². The Morgan fingerprint density at radius 2 is 1.93 bits per heavy atom. The van der Waals surface area contributed by atoms with Gasteiger partial charge in [0.2, 0.25) is 5.88 Å². The number of fused-ring (bicyclic) bond motifs is 2. The molecule has 40 heavy (non-hydrogen) atoms. The first kappa shape index (κ1) is 28.6. The van der Waals surface area contributed by atoms with E-state index in [-0.39, 0.29) is 17.2 Å². The number of hydrogen-bond acceptors (Lipinski definition) is 6. The van der Waals surface area contributed by atoms with Gasteiger partial charge >= 0.3 is 15.5 Å². The van der Waals surface area contributed by atoms with Gasteiger partial charge < -0.3 is 14.7 Å². The van der Waals surface area contributed by atoms with Crippen LogP contribution in [0.15, 0.2) is 84.3 Å². The molecule has 2 aliphatic heterocycles. The number of ether oxygens (including phenoxy) is 1. The van der Waals surface area contributed by atoms with Crippen molar-refractivity contribution in [1.82, 2.24) is 14.6 Å². The molecular weight excluding hydrogens is 567 g/mol. The fourth-order valence-electron chi connectivity index (χ4n) is 5.01. The third-order valence-corrected chi connectivity index (χ3v) is 8.66. The average Bonchev–Trinajstić information content (AvgIpc) is 3.07. The maximum Gasteiger partial charge on any atom is 0.511 e. The number of piperidine rings is 1. The lowest BCUT2D eigenvalue weighted by Gasteiger charge is -2.38. The van der Waals surface area contributed by atoms with E-state index < -0.39 is 27.2 Å². The first-order valence-electron chi connectivity index (χ1n) is 12.7. The SMILES string of the molecule is O=S(=O)(NC1C=CC=C2Oc3ncccc3C(=CCCN3CCC(O)(c4ccc(Cl)cc4)CC3)C=C21)C(F)(F)F. The molecular formula is C28H27ClF3N3O4S. The summed E-state index contributed by atoms with van der Waals surface area (Å²) >= 11 is 5.98. The highest BCUT2D eigenvalue weighted by Crippen LogP contribution is 2.37. The molecule has 1 fully saturated rings. The van der Waals surface area contributed by atoms with Crippen LogP contribution >= 0.6 is 11.6 Å². The van der Waals surface area contributed by atoms with Crippen LogP contribution in [0.1, 0.15) is 30.4 Å². The summed E-state index contributed by atoms with van der Waals surface area (Å²) in [5.74, 6) is 0.475. The Kier molecular flexibility index (Phi) is 7.95. The van der Waals surface area contributed by atoms with Crippen molar-refractivity contribution in [2.24, 2.45) is 0 Å². The van der Waals surface area contributed by atoms with Gasteiger partial charge in [-0.05, 0) is 66.8 Å². The van der Waals surface area contributed by atoms with Crippen molar-refractivity contribution in [3.8, 4) is 5.88 Å². The molecule has 0 spiro atoms. The molecule has 2 aromatic rings. The number of aliphatic hydroxyl groups is 1. The molecule has 3 aliphatic rings. The predicted molar refractivity (Wildman–Crippen MR) is 146 cm³/mol. The molecule has 0 bridgehead atoms. The Morgan fingerprint density at radius 3 is 2.62 bits per heavy atom. The van der Waals surface area contributed by atoms with E-state index in [4.69, 9.17) is 16.3 Å². The zero-order valence-corrected chi connectivity index (χ0v) is 22.8. The molecule has 1 saturated heterocycles. The summed E-state index contributed by atoms with van der Waals surface area (Å²) in [6.45, 7) is 2.06. The molecule has 1 unspecified atom stereocenters. The van der Waals surface area contributed by atoms with Crippen LogP contribution in [0.3, 0.4) is 0 Å². The minimum absolute atomic E-state index is 0.207. The van der Waals surface area contributed by atoms with Gasteiger partial charge in [0.1, 0.15) is 5.76 Å². The molecule has 5 rings (SSSR count). The number of rotatable bonds is 6. The summed E-state index contributed by atoms with van der Waals surface area (Å²) in [5.41, 5.74) is -3.99. The van der Waals surface area contributed by atoms with Crippen LogP contribution in [0.25, 0.3) is 5.57 Å². The molecule has 7 nitrogen and oxygen atoms in total. The summed E-state index contributed by atoms with van der Waals surface area (Å²) < 4.78 is 70.7. The first-order chi connectivity index (χ1) is 19.0. The van der Waals surface area contributed by atoms with Crippen molar-refractivity contribution in [1.29, 1.82) is 0 Å². The summed E-state index contributed by atoms with van der Waals surface area (Å²) in [7, 11) is -5.60. The lowest BCUT2D eigenvalue weighted by Crippen LogP contribution is -2.43. The first-order valence-corrected chi connectivity index (χ1v) is 14.5. The van der Waals surface area contributed by atoms with Crippen molar-refractivity contribution >= 4 is 27.2 Å². The van der Waals surface area contributed by atoms with E-state index in [1.165, 1.54) is 12.2 Å². The second-order valence-corrected chi connectivity index (χ2v) is 12.0. The van der Waals surface area contributed by atoms with E-state index >= 15 is 0 Å². The fraction of sp³-hybridized carbons (Fsp3) is 0.321. The molecule has 0 amide bonds. The Morgan fingerprint density at radius 1 is 1.20 bits per heavy atom. The van der Waals surface area contributed by atoms with E-state index in [1.807, 2.05) is 18.2 Å². The van der Waals surface area contributed by atoms with Crippen molar-refractivity contribution in [2.75, 3.05) is 19.6 Å². The number of hydrogen-bond donors (Lipinski definition) is 2. The second kappa shape index (κ2) is 11.1. The smallest absolute Gasteiger partial charge is 0.438 e. The largest absolute Gasteiger partial charge is 0.511 e. The number of sulfonamides is 1. The zero-order chi connectivity index (χ0) is 28.5.